The van der Waals surface area contributed by atoms with Crippen LogP contribution in [0.1, 0.15) is 40.2 Å². The van der Waals surface area contributed by atoms with Gasteiger partial charge in [-0.25, -0.2) is 0 Å². The van der Waals surface area contributed by atoms with E-state index in [1.165, 1.54) is 0 Å². The predicted octanol–water partition coefficient (Wildman–Crippen LogP) is 4.59. The van der Waals surface area contributed by atoms with Crippen molar-refractivity contribution in [2.75, 3.05) is 6.61 Å². The molecule has 6 nitrogen and oxygen atoms in total. The number of ketones is 1. The summed E-state index contributed by atoms with van der Waals surface area (Å²) in [5.74, 6) is -0.996. The predicted molar refractivity (Wildman–Crippen MR) is 152 cm³/mol. The Morgan fingerprint density at radius 1 is 0.846 bits per heavy atom. The normalized spacial score (nSPS) is 24.4. The van der Waals surface area contributed by atoms with Gasteiger partial charge < -0.3 is 23.4 Å². The van der Waals surface area contributed by atoms with Gasteiger partial charge in [-0.3, -0.25) is 4.79 Å². The number of carbonyl (C=O) groups excluding carboxylic acids is 1. The van der Waals surface area contributed by atoms with E-state index < -0.39 is 38.7 Å². The van der Waals surface area contributed by atoms with Crippen LogP contribution in [-0.4, -0.2) is 51.1 Å². The average Bonchev–Trinajstić information content (AvgIpc) is 3.40. The lowest BCUT2D eigenvalue weighted by Gasteiger charge is -2.43. The molecule has 0 saturated carbocycles. The molecule has 2 heterocycles. The number of benzene rings is 3. The summed E-state index contributed by atoms with van der Waals surface area (Å²) >= 11 is 0. The third kappa shape index (κ3) is 5.66. The molecule has 39 heavy (non-hydrogen) atoms. The third-order valence-electron chi connectivity index (χ3n) is 7.44. The van der Waals surface area contributed by atoms with Crippen LogP contribution in [0.25, 0.3) is 0 Å². The second-order valence-electron chi connectivity index (χ2n) is 11.7. The number of ether oxygens (including phenoxy) is 4. The Labute approximate surface area is 232 Å². The van der Waals surface area contributed by atoms with Crippen LogP contribution in [0, 0.1) is 0 Å². The highest BCUT2D eigenvalue weighted by molar-refractivity contribution is 6.99. The Balaban J connectivity index is 1.42. The SMILES string of the molecule is CC1(C)O[C@H]2O[C@H](C(=O)CO[Si](c3ccccc3)(c3ccccc3)C(C)(C)C)[C@H](OCc3ccccc3)[C@H]2O1. The maximum absolute atomic E-state index is 13.9. The van der Waals surface area contributed by atoms with E-state index in [1.807, 2.05) is 80.6 Å². The van der Waals surface area contributed by atoms with Gasteiger partial charge in [0.2, 0.25) is 0 Å². The van der Waals surface area contributed by atoms with Crippen LogP contribution >= 0.6 is 0 Å². The van der Waals surface area contributed by atoms with Crippen LogP contribution in [0.15, 0.2) is 91.0 Å². The van der Waals surface area contributed by atoms with Crippen LogP contribution in [0.3, 0.4) is 0 Å². The van der Waals surface area contributed by atoms with Crippen molar-refractivity contribution in [2.45, 2.75) is 76.7 Å². The number of Topliss-reactive ketones (excluding diaryl/α,β-unsaturated/α-hetero) is 1. The van der Waals surface area contributed by atoms with Crippen LogP contribution in [-0.2, 0) is 34.8 Å². The van der Waals surface area contributed by atoms with E-state index in [2.05, 4.69) is 45.0 Å². The molecule has 0 aliphatic carbocycles. The Hall–Kier alpha value is -2.65. The molecular formula is C32H38O6Si. The molecule has 7 heteroatoms. The van der Waals surface area contributed by atoms with E-state index in [4.69, 9.17) is 23.4 Å². The fourth-order valence-electron chi connectivity index (χ4n) is 5.71. The molecule has 0 bridgehead atoms. The molecule has 2 fully saturated rings. The topological polar surface area (TPSA) is 63.2 Å². The minimum absolute atomic E-state index is 0.105. The standard InChI is InChI=1S/C32H38O6Si/c1-31(2,3)39(24-17-11-7-12-18-24,25-19-13-8-14-20-25)35-22-26(33)27-28(34-21-23-15-9-6-10-16-23)29-30(36-27)38-32(4,5)37-29/h6-20,27-30H,21-22H2,1-5H3/t27-,28+,29-,30-/m1/s1. The van der Waals surface area contributed by atoms with Crippen molar-refractivity contribution in [3.63, 3.8) is 0 Å². The summed E-state index contributed by atoms with van der Waals surface area (Å²) in [7, 11) is -2.89. The van der Waals surface area contributed by atoms with Gasteiger partial charge in [0, 0.05) is 0 Å². The molecule has 0 aromatic heterocycles. The molecule has 0 spiro atoms. The highest BCUT2D eigenvalue weighted by Gasteiger charge is 2.58. The average molecular weight is 547 g/mol. The van der Waals surface area contributed by atoms with E-state index in [0.29, 0.717) is 6.61 Å². The molecule has 206 valence electrons. The number of rotatable bonds is 9. The van der Waals surface area contributed by atoms with Crippen molar-refractivity contribution in [3.8, 4) is 0 Å². The van der Waals surface area contributed by atoms with Gasteiger partial charge in [-0.15, -0.1) is 0 Å². The quantitative estimate of drug-likeness (QED) is 0.366. The summed E-state index contributed by atoms with van der Waals surface area (Å²) in [5, 5.41) is 1.99. The molecule has 3 aromatic rings. The van der Waals surface area contributed by atoms with Crippen LogP contribution in [0.5, 0.6) is 0 Å². The first-order chi connectivity index (χ1) is 18.6. The van der Waals surface area contributed by atoms with E-state index >= 15 is 0 Å². The smallest absolute Gasteiger partial charge is 0.261 e. The molecule has 0 radical (unpaired) electrons. The van der Waals surface area contributed by atoms with Crippen molar-refractivity contribution in [1.82, 2.24) is 0 Å². The van der Waals surface area contributed by atoms with Gasteiger partial charge in [-0.1, -0.05) is 112 Å². The first kappa shape index (κ1) is 27.9. The van der Waals surface area contributed by atoms with E-state index in [0.717, 1.165) is 15.9 Å². The van der Waals surface area contributed by atoms with Crippen molar-refractivity contribution < 1.29 is 28.2 Å². The second kappa shape index (κ2) is 11.1. The largest absolute Gasteiger partial charge is 0.400 e. The van der Waals surface area contributed by atoms with Gasteiger partial charge >= 0.3 is 0 Å². The molecule has 2 aliphatic rings. The fourth-order valence-corrected chi connectivity index (χ4v) is 10.2. The first-order valence-electron chi connectivity index (χ1n) is 13.6. The minimum Gasteiger partial charge on any atom is -0.400 e. The molecule has 0 amide bonds. The summed E-state index contributed by atoms with van der Waals surface area (Å²) in [6.45, 7) is 10.5. The lowest BCUT2D eigenvalue weighted by atomic mass is 10.1. The lowest BCUT2D eigenvalue weighted by molar-refractivity contribution is -0.218. The van der Waals surface area contributed by atoms with Gasteiger partial charge in [-0.2, -0.15) is 0 Å². The summed E-state index contributed by atoms with van der Waals surface area (Å²) < 4.78 is 31.5. The van der Waals surface area contributed by atoms with Gasteiger partial charge in [-0.05, 0) is 34.8 Å². The summed E-state index contributed by atoms with van der Waals surface area (Å²) in [6, 6.07) is 30.4. The molecule has 0 N–H and O–H groups in total. The number of hydrogen-bond acceptors (Lipinski definition) is 6. The van der Waals surface area contributed by atoms with Gasteiger partial charge in [0.1, 0.15) is 12.2 Å². The van der Waals surface area contributed by atoms with Crippen molar-refractivity contribution in [1.29, 1.82) is 0 Å². The highest BCUT2D eigenvalue weighted by atomic mass is 28.4. The van der Waals surface area contributed by atoms with E-state index in [-0.39, 0.29) is 17.4 Å². The van der Waals surface area contributed by atoms with Crippen LogP contribution in [0.4, 0.5) is 0 Å². The zero-order chi connectivity index (χ0) is 27.7. The Morgan fingerprint density at radius 2 is 1.38 bits per heavy atom. The molecule has 0 unspecified atom stereocenters. The maximum atomic E-state index is 13.9. The number of fused-ring (bicyclic) bond motifs is 1. The maximum Gasteiger partial charge on any atom is 0.261 e. The summed E-state index contributed by atoms with van der Waals surface area (Å²) in [6.07, 6.45) is -2.67. The van der Waals surface area contributed by atoms with Crippen LogP contribution in [0.2, 0.25) is 5.04 Å². The van der Waals surface area contributed by atoms with E-state index in [1.54, 1.807) is 0 Å². The van der Waals surface area contributed by atoms with Gasteiger partial charge in [0.25, 0.3) is 8.32 Å². The van der Waals surface area contributed by atoms with Crippen molar-refractivity contribution in [2.24, 2.45) is 0 Å². The third-order valence-corrected chi connectivity index (χ3v) is 12.4. The number of carbonyl (C=O) groups is 1. The van der Waals surface area contributed by atoms with E-state index in [9.17, 15) is 4.79 Å². The molecule has 2 saturated heterocycles. The highest BCUT2D eigenvalue weighted by Crippen LogP contribution is 2.40. The minimum atomic E-state index is -2.89. The molecule has 2 aliphatic heterocycles. The fraction of sp³-hybridized carbons (Fsp3) is 0.406. The second-order valence-corrected chi connectivity index (χ2v) is 16.0. The zero-order valence-electron chi connectivity index (χ0n) is 23.3. The van der Waals surface area contributed by atoms with Gasteiger partial charge in [0.05, 0.1) is 13.2 Å². The van der Waals surface area contributed by atoms with Crippen LogP contribution < -0.4 is 10.4 Å². The number of hydrogen-bond donors (Lipinski definition) is 0. The van der Waals surface area contributed by atoms with Crippen molar-refractivity contribution in [3.05, 3.63) is 96.6 Å². The Bertz CT molecular complexity index is 1200. The molecular weight excluding hydrogens is 508 g/mol. The lowest BCUT2D eigenvalue weighted by Crippen LogP contribution is -2.67. The van der Waals surface area contributed by atoms with Crippen molar-refractivity contribution >= 4 is 24.5 Å². The van der Waals surface area contributed by atoms with Gasteiger partial charge in [0.15, 0.2) is 24.0 Å². The summed E-state index contributed by atoms with van der Waals surface area (Å²) in [5.41, 5.74) is 1.01. The summed E-state index contributed by atoms with van der Waals surface area (Å²) in [4.78, 5) is 13.9. The Morgan fingerprint density at radius 3 is 1.92 bits per heavy atom. The monoisotopic (exact) mass is 546 g/mol. The zero-order valence-corrected chi connectivity index (χ0v) is 24.3. The molecule has 4 atom stereocenters. The first-order valence-corrected chi connectivity index (χ1v) is 15.5. The molecule has 3 aromatic carbocycles. The Kier molecular flexibility index (Phi) is 7.93. The molecule has 5 rings (SSSR count).